The van der Waals surface area contributed by atoms with Crippen molar-refractivity contribution in [1.29, 1.82) is 0 Å². The van der Waals surface area contributed by atoms with Crippen LogP contribution < -0.4 is 10.5 Å². The fourth-order valence-electron chi connectivity index (χ4n) is 1.39. The Kier molecular flexibility index (Phi) is 5.24. The van der Waals surface area contributed by atoms with Gasteiger partial charge in [-0.3, -0.25) is 0 Å². The fourth-order valence-corrected chi connectivity index (χ4v) is 1.94. The third-order valence-electron chi connectivity index (χ3n) is 2.07. The molecule has 5 nitrogen and oxygen atoms in total. The highest BCUT2D eigenvalue weighted by atomic mass is 79.9. The van der Waals surface area contributed by atoms with Gasteiger partial charge in [0, 0.05) is 11.6 Å². The van der Waals surface area contributed by atoms with Crippen LogP contribution in [0.15, 0.2) is 27.8 Å². The molecule has 94 valence electrons. The molecule has 0 aliphatic rings. The molecular weight excluding hydrogens is 288 g/mol. The Labute approximate surface area is 108 Å². The van der Waals surface area contributed by atoms with Gasteiger partial charge in [-0.1, -0.05) is 11.2 Å². The number of amidine groups is 1. The summed E-state index contributed by atoms with van der Waals surface area (Å²) in [6.45, 7) is 2.34. The van der Waals surface area contributed by atoms with Crippen molar-refractivity contribution in [3.63, 3.8) is 0 Å². The predicted octanol–water partition coefficient (Wildman–Crippen LogP) is 1.96. The van der Waals surface area contributed by atoms with E-state index in [4.69, 9.17) is 20.4 Å². The minimum absolute atomic E-state index is 0.00269. The summed E-state index contributed by atoms with van der Waals surface area (Å²) in [5.74, 6) is 0.538. The summed E-state index contributed by atoms with van der Waals surface area (Å²) in [5, 5.41) is 11.7. The van der Waals surface area contributed by atoms with E-state index in [2.05, 4.69) is 21.1 Å². The largest absolute Gasteiger partial charge is 0.488 e. The molecule has 3 N–H and O–H groups in total. The SMILES string of the molecule is COCC(C)Oc1cccc(Br)c1/C(N)=N/O. The molecule has 1 unspecified atom stereocenters. The van der Waals surface area contributed by atoms with Gasteiger partial charge in [0.2, 0.25) is 0 Å². The van der Waals surface area contributed by atoms with Gasteiger partial charge in [-0.25, -0.2) is 0 Å². The molecule has 0 saturated heterocycles. The van der Waals surface area contributed by atoms with Crippen molar-refractivity contribution in [2.75, 3.05) is 13.7 Å². The van der Waals surface area contributed by atoms with Crippen molar-refractivity contribution in [3.8, 4) is 5.75 Å². The van der Waals surface area contributed by atoms with Gasteiger partial charge in [-0.2, -0.15) is 0 Å². The van der Waals surface area contributed by atoms with Crippen LogP contribution in [0.1, 0.15) is 12.5 Å². The van der Waals surface area contributed by atoms with Crippen LogP contribution in [0.4, 0.5) is 0 Å². The lowest BCUT2D eigenvalue weighted by Gasteiger charge is -2.17. The number of methoxy groups -OCH3 is 1. The third-order valence-corrected chi connectivity index (χ3v) is 2.73. The summed E-state index contributed by atoms with van der Waals surface area (Å²) in [6, 6.07) is 5.36. The first kappa shape index (κ1) is 13.8. The second kappa shape index (κ2) is 6.46. The highest BCUT2D eigenvalue weighted by Crippen LogP contribution is 2.27. The van der Waals surface area contributed by atoms with Crippen molar-refractivity contribution < 1.29 is 14.7 Å². The van der Waals surface area contributed by atoms with E-state index in [1.54, 1.807) is 19.2 Å². The van der Waals surface area contributed by atoms with Crippen LogP contribution in [0.5, 0.6) is 5.75 Å². The first-order chi connectivity index (χ1) is 8.10. The van der Waals surface area contributed by atoms with Crippen molar-refractivity contribution in [2.45, 2.75) is 13.0 Å². The lowest BCUT2D eigenvalue weighted by molar-refractivity contribution is 0.0919. The van der Waals surface area contributed by atoms with Crippen LogP contribution in [0.25, 0.3) is 0 Å². The Morgan fingerprint density at radius 2 is 2.29 bits per heavy atom. The Morgan fingerprint density at radius 3 is 2.88 bits per heavy atom. The zero-order valence-corrected chi connectivity index (χ0v) is 11.3. The maximum Gasteiger partial charge on any atom is 0.174 e. The molecule has 1 rings (SSSR count). The van der Waals surface area contributed by atoms with Crippen molar-refractivity contribution in [3.05, 3.63) is 28.2 Å². The average molecular weight is 303 g/mol. The summed E-state index contributed by atoms with van der Waals surface area (Å²) < 4.78 is 11.4. The van der Waals surface area contributed by atoms with Crippen LogP contribution >= 0.6 is 15.9 Å². The Balaban J connectivity index is 3.03. The maximum absolute atomic E-state index is 8.74. The second-order valence-electron chi connectivity index (χ2n) is 3.48. The van der Waals surface area contributed by atoms with Crippen molar-refractivity contribution in [1.82, 2.24) is 0 Å². The molecule has 0 amide bonds. The monoisotopic (exact) mass is 302 g/mol. The van der Waals surface area contributed by atoms with Crippen LogP contribution in [0, 0.1) is 0 Å². The lowest BCUT2D eigenvalue weighted by atomic mass is 10.2. The molecule has 0 aliphatic carbocycles. The topological polar surface area (TPSA) is 77.1 Å². The van der Waals surface area contributed by atoms with Gasteiger partial charge < -0.3 is 20.4 Å². The molecule has 17 heavy (non-hydrogen) atoms. The number of benzene rings is 1. The lowest BCUT2D eigenvalue weighted by Crippen LogP contribution is -2.21. The molecule has 0 aliphatic heterocycles. The van der Waals surface area contributed by atoms with Gasteiger partial charge in [0.05, 0.1) is 12.2 Å². The fraction of sp³-hybridized carbons (Fsp3) is 0.364. The molecule has 1 atom stereocenters. The molecule has 1 aromatic carbocycles. The van der Waals surface area contributed by atoms with Gasteiger partial charge in [0.1, 0.15) is 11.9 Å². The smallest absolute Gasteiger partial charge is 0.174 e. The van der Waals surface area contributed by atoms with Crippen LogP contribution in [0.2, 0.25) is 0 Å². The molecule has 1 aromatic rings. The Morgan fingerprint density at radius 1 is 1.59 bits per heavy atom. The molecule has 0 spiro atoms. The number of oxime groups is 1. The normalized spacial score (nSPS) is 13.5. The second-order valence-corrected chi connectivity index (χ2v) is 4.34. The quantitative estimate of drug-likeness (QED) is 0.377. The Bertz CT molecular complexity index is 410. The minimum Gasteiger partial charge on any atom is -0.488 e. The maximum atomic E-state index is 8.74. The van der Waals surface area contributed by atoms with E-state index in [0.717, 1.165) is 0 Å². The zero-order valence-electron chi connectivity index (χ0n) is 9.68. The van der Waals surface area contributed by atoms with Gasteiger partial charge >= 0.3 is 0 Å². The molecular formula is C11H15BrN2O3. The van der Waals surface area contributed by atoms with Crippen molar-refractivity contribution >= 4 is 21.8 Å². The van der Waals surface area contributed by atoms with E-state index in [-0.39, 0.29) is 11.9 Å². The van der Waals surface area contributed by atoms with E-state index in [1.165, 1.54) is 0 Å². The van der Waals surface area contributed by atoms with E-state index >= 15 is 0 Å². The first-order valence-corrected chi connectivity index (χ1v) is 5.81. The van der Waals surface area contributed by atoms with Gasteiger partial charge in [-0.05, 0) is 35.0 Å². The standard InChI is InChI=1S/C11H15BrN2O3/c1-7(6-16-2)17-9-5-3-4-8(12)10(9)11(13)14-15/h3-5,7,15H,6H2,1-2H3,(H2,13,14). The molecule has 6 heteroatoms. The highest BCUT2D eigenvalue weighted by molar-refractivity contribution is 9.10. The number of rotatable bonds is 5. The molecule has 0 saturated carbocycles. The summed E-state index contributed by atoms with van der Waals surface area (Å²) >= 11 is 3.33. The molecule has 0 aromatic heterocycles. The number of ether oxygens (including phenoxy) is 2. The van der Waals surface area contributed by atoms with Crippen LogP contribution in [-0.2, 0) is 4.74 Å². The summed E-state index contributed by atoms with van der Waals surface area (Å²) in [7, 11) is 1.60. The van der Waals surface area contributed by atoms with E-state index in [0.29, 0.717) is 22.4 Å². The minimum atomic E-state index is -0.125. The number of hydrogen-bond acceptors (Lipinski definition) is 4. The number of nitrogens with two attached hydrogens (primary N) is 1. The molecule has 0 radical (unpaired) electrons. The van der Waals surface area contributed by atoms with Crippen LogP contribution in [-0.4, -0.2) is 30.9 Å². The van der Waals surface area contributed by atoms with E-state index < -0.39 is 0 Å². The zero-order chi connectivity index (χ0) is 12.8. The predicted molar refractivity (Wildman–Crippen MR) is 68.6 cm³/mol. The van der Waals surface area contributed by atoms with Gasteiger partial charge in [0.25, 0.3) is 0 Å². The Hall–Kier alpha value is -1.27. The summed E-state index contributed by atoms with van der Waals surface area (Å²) in [5.41, 5.74) is 6.13. The summed E-state index contributed by atoms with van der Waals surface area (Å²) in [4.78, 5) is 0. The van der Waals surface area contributed by atoms with Gasteiger partial charge in [-0.15, -0.1) is 0 Å². The number of halogens is 1. The molecule has 0 bridgehead atoms. The molecule has 0 heterocycles. The van der Waals surface area contributed by atoms with E-state index in [1.807, 2.05) is 13.0 Å². The average Bonchev–Trinajstić information content (AvgIpc) is 2.28. The van der Waals surface area contributed by atoms with Crippen molar-refractivity contribution in [2.24, 2.45) is 10.9 Å². The van der Waals surface area contributed by atoms with Crippen LogP contribution in [0.3, 0.4) is 0 Å². The summed E-state index contributed by atoms with van der Waals surface area (Å²) in [6.07, 6.45) is -0.125. The number of nitrogens with zero attached hydrogens (tertiary/aromatic N) is 1. The first-order valence-electron chi connectivity index (χ1n) is 5.02. The third kappa shape index (κ3) is 3.61. The van der Waals surface area contributed by atoms with E-state index in [9.17, 15) is 0 Å². The molecule has 0 fully saturated rings. The highest BCUT2D eigenvalue weighted by Gasteiger charge is 2.14. The number of hydrogen-bond donors (Lipinski definition) is 2. The van der Waals surface area contributed by atoms with Gasteiger partial charge in [0.15, 0.2) is 5.84 Å².